The number of aryl methyl sites for hydroxylation is 1. The molecule has 128 valence electrons. The van der Waals surface area contributed by atoms with Crippen LogP contribution in [0.2, 0.25) is 0 Å². The van der Waals surface area contributed by atoms with Crippen LogP contribution < -0.4 is 14.8 Å². The molecule has 2 aliphatic rings. The fourth-order valence-electron chi connectivity index (χ4n) is 4.01. The van der Waals surface area contributed by atoms with Crippen molar-refractivity contribution in [2.75, 3.05) is 39.7 Å². The molecule has 1 fully saturated rings. The average molecular weight is 327 g/mol. The summed E-state index contributed by atoms with van der Waals surface area (Å²) in [6.07, 6.45) is 4.55. The van der Waals surface area contributed by atoms with E-state index in [0.717, 1.165) is 48.3 Å². The number of likely N-dealkylation sites (tertiary alicyclic amines) is 1. The van der Waals surface area contributed by atoms with Gasteiger partial charge in [0.2, 0.25) is 0 Å². The van der Waals surface area contributed by atoms with E-state index in [1.165, 1.54) is 29.8 Å². The third-order valence-electron chi connectivity index (χ3n) is 5.26. The lowest BCUT2D eigenvalue weighted by Crippen LogP contribution is -2.24. The molecule has 1 atom stereocenters. The summed E-state index contributed by atoms with van der Waals surface area (Å²) >= 11 is 0. The normalized spacial score (nSPS) is 20.4. The highest BCUT2D eigenvalue weighted by Gasteiger charge is 2.25. The Labute approximate surface area is 143 Å². The topological polar surface area (TPSA) is 46.6 Å². The van der Waals surface area contributed by atoms with E-state index in [9.17, 15) is 0 Å². The molecule has 1 aliphatic carbocycles. The molecule has 0 unspecified atom stereocenters. The summed E-state index contributed by atoms with van der Waals surface area (Å²) in [4.78, 5) is 7.28. The number of ether oxygens (including phenoxy) is 2. The number of methoxy groups -OCH3 is 2. The van der Waals surface area contributed by atoms with Crippen molar-refractivity contribution in [3.63, 3.8) is 0 Å². The standard InChI is InChI=1S/C19H25N3O2/c1-22-8-7-12(11-22)20-19-13-5-4-6-15(13)21-16-10-18(24-3)17(23-2)9-14(16)19/h9-10,12H,4-8,11H2,1-3H3,(H,20,21)/t12-/m1/s1. The molecule has 0 radical (unpaired) electrons. The summed E-state index contributed by atoms with van der Waals surface area (Å²) < 4.78 is 11.0. The number of hydrogen-bond acceptors (Lipinski definition) is 5. The molecule has 0 amide bonds. The first kappa shape index (κ1) is 15.5. The van der Waals surface area contributed by atoms with Gasteiger partial charge >= 0.3 is 0 Å². The van der Waals surface area contributed by atoms with Crippen LogP contribution in [0.4, 0.5) is 5.69 Å². The first-order valence-corrected chi connectivity index (χ1v) is 8.72. The van der Waals surface area contributed by atoms with Crippen molar-refractivity contribution in [3.8, 4) is 11.5 Å². The maximum atomic E-state index is 5.52. The molecule has 5 nitrogen and oxygen atoms in total. The van der Waals surface area contributed by atoms with Gasteiger partial charge in [-0.25, -0.2) is 0 Å². The molecule has 1 aromatic heterocycles. The molecule has 2 aromatic rings. The Balaban J connectivity index is 1.85. The smallest absolute Gasteiger partial charge is 0.162 e. The number of nitrogens with one attached hydrogen (secondary N) is 1. The summed E-state index contributed by atoms with van der Waals surface area (Å²) in [7, 11) is 5.54. The van der Waals surface area contributed by atoms with Gasteiger partial charge in [-0.2, -0.15) is 0 Å². The highest BCUT2D eigenvalue weighted by molar-refractivity contribution is 5.96. The molecule has 1 aliphatic heterocycles. The fraction of sp³-hybridized carbons (Fsp3) is 0.526. The number of anilines is 1. The first-order chi connectivity index (χ1) is 11.7. The second kappa shape index (κ2) is 6.13. The highest BCUT2D eigenvalue weighted by atomic mass is 16.5. The minimum absolute atomic E-state index is 0.499. The Morgan fingerprint density at radius 1 is 1.17 bits per heavy atom. The predicted octanol–water partition coefficient (Wildman–Crippen LogP) is 2.86. The van der Waals surface area contributed by atoms with Gasteiger partial charge in [0.15, 0.2) is 11.5 Å². The molecule has 0 spiro atoms. The fourth-order valence-corrected chi connectivity index (χ4v) is 4.01. The van der Waals surface area contributed by atoms with Crippen LogP contribution in [-0.4, -0.2) is 50.3 Å². The Kier molecular flexibility index (Phi) is 3.96. The van der Waals surface area contributed by atoms with Gasteiger partial charge in [0.1, 0.15) is 0 Å². The Morgan fingerprint density at radius 3 is 2.67 bits per heavy atom. The lowest BCUT2D eigenvalue weighted by atomic mass is 10.0. The van der Waals surface area contributed by atoms with E-state index in [0.29, 0.717) is 6.04 Å². The maximum absolute atomic E-state index is 5.52. The molecule has 0 bridgehead atoms. The molecule has 2 heterocycles. The number of rotatable bonds is 4. The Hall–Kier alpha value is -2.01. The molecule has 4 rings (SSSR count). The van der Waals surface area contributed by atoms with Gasteiger partial charge in [-0.3, -0.25) is 4.98 Å². The van der Waals surface area contributed by atoms with E-state index in [4.69, 9.17) is 14.5 Å². The minimum Gasteiger partial charge on any atom is -0.493 e. The lowest BCUT2D eigenvalue weighted by Gasteiger charge is -2.20. The second-order valence-corrected chi connectivity index (χ2v) is 6.88. The molecule has 24 heavy (non-hydrogen) atoms. The van der Waals surface area contributed by atoms with Gasteiger partial charge < -0.3 is 19.7 Å². The van der Waals surface area contributed by atoms with Crippen LogP contribution in [0, 0.1) is 0 Å². The summed E-state index contributed by atoms with van der Waals surface area (Å²) in [6.45, 7) is 2.24. The highest BCUT2D eigenvalue weighted by Crippen LogP contribution is 2.40. The maximum Gasteiger partial charge on any atom is 0.162 e. The molecular formula is C19H25N3O2. The lowest BCUT2D eigenvalue weighted by molar-refractivity contribution is 0.356. The van der Waals surface area contributed by atoms with Gasteiger partial charge in [0.25, 0.3) is 0 Å². The first-order valence-electron chi connectivity index (χ1n) is 8.72. The van der Waals surface area contributed by atoms with Gasteiger partial charge in [0, 0.05) is 35.4 Å². The number of fused-ring (bicyclic) bond motifs is 2. The van der Waals surface area contributed by atoms with Crippen molar-refractivity contribution < 1.29 is 9.47 Å². The van der Waals surface area contributed by atoms with Crippen LogP contribution in [0.25, 0.3) is 10.9 Å². The SMILES string of the molecule is COc1cc2nc3c(c(N[C@@H]4CCN(C)C4)c2cc1OC)CCC3. The third-order valence-corrected chi connectivity index (χ3v) is 5.26. The van der Waals surface area contributed by atoms with Crippen LogP contribution in [0.1, 0.15) is 24.1 Å². The zero-order valence-corrected chi connectivity index (χ0v) is 14.7. The van der Waals surface area contributed by atoms with Gasteiger partial charge in [-0.1, -0.05) is 0 Å². The third kappa shape index (κ3) is 2.57. The van der Waals surface area contributed by atoms with Crippen molar-refractivity contribution in [3.05, 3.63) is 23.4 Å². The number of nitrogens with zero attached hydrogens (tertiary/aromatic N) is 2. The predicted molar refractivity (Wildman–Crippen MR) is 96.4 cm³/mol. The quantitative estimate of drug-likeness (QED) is 0.936. The van der Waals surface area contributed by atoms with Crippen molar-refractivity contribution in [2.45, 2.75) is 31.7 Å². The van der Waals surface area contributed by atoms with E-state index in [-0.39, 0.29) is 0 Å². The van der Waals surface area contributed by atoms with E-state index >= 15 is 0 Å². The van der Waals surface area contributed by atoms with Crippen molar-refractivity contribution in [2.24, 2.45) is 0 Å². The van der Waals surface area contributed by atoms with Crippen molar-refractivity contribution in [1.29, 1.82) is 0 Å². The number of pyridine rings is 1. The summed E-state index contributed by atoms with van der Waals surface area (Å²) in [6, 6.07) is 4.57. The molecule has 1 aromatic carbocycles. The van der Waals surface area contributed by atoms with Crippen molar-refractivity contribution >= 4 is 16.6 Å². The summed E-state index contributed by atoms with van der Waals surface area (Å²) in [5.41, 5.74) is 4.88. The zero-order valence-electron chi connectivity index (χ0n) is 14.7. The van der Waals surface area contributed by atoms with Crippen LogP contribution in [0.5, 0.6) is 11.5 Å². The van der Waals surface area contributed by atoms with Crippen LogP contribution in [0.3, 0.4) is 0 Å². The molecule has 5 heteroatoms. The summed E-state index contributed by atoms with van der Waals surface area (Å²) in [5.74, 6) is 1.50. The zero-order chi connectivity index (χ0) is 16.7. The van der Waals surface area contributed by atoms with E-state index < -0.39 is 0 Å². The van der Waals surface area contributed by atoms with Crippen LogP contribution >= 0.6 is 0 Å². The largest absolute Gasteiger partial charge is 0.493 e. The number of hydrogen-bond donors (Lipinski definition) is 1. The van der Waals surface area contributed by atoms with E-state index in [2.05, 4.69) is 23.3 Å². The summed E-state index contributed by atoms with van der Waals surface area (Å²) in [5, 5.41) is 4.97. The van der Waals surface area contributed by atoms with E-state index in [1.54, 1.807) is 14.2 Å². The number of aromatic nitrogens is 1. The average Bonchev–Trinajstić information content (AvgIpc) is 3.22. The number of likely N-dealkylation sites (N-methyl/N-ethyl adjacent to an activating group) is 1. The number of benzene rings is 1. The van der Waals surface area contributed by atoms with Gasteiger partial charge in [0.05, 0.1) is 19.7 Å². The Bertz CT molecular complexity index is 775. The van der Waals surface area contributed by atoms with Gasteiger partial charge in [-0.05, 0) is 50.9 Å². The monoisotopic (exact) mass is 327 g/mol. The van der Waals surface area contributed by atoms with Crippen LogP contribution in [0.15, 0.2) is 12.1 Å². The Morgan fingerprint density at radius 2 is 1.96 bits per heavy atom. The molecular weight excluding hydrogens is 302 g/mol. The van der Waals surface area contributed by atoms with Gasteiger partial charge in [-0.15, -0.1) is 0 Å². The second-order valence-electron chi connectivity index (χ2n) is 6.88. The van der Waals surface area contributed by atoms with Crippen LogP contribution in [-0.2, 0) is 12.8 Å². The van der Waals surface area contributed by atoms with E-state index in [1.807, 2.05) is 6.07 Å². The molecule has 1 saturated heterocycles. The minimum atomic E-state index is 0.499. The van der Waals surface area contributed by atoms with Crippen molar-refractivity contribution in [1.82, 2.24) is 9.88 Å². The molecule has 0 saturated carbocycles. The molecule has 1 N–H and O–H groups in total.